The highest BCUT2D eigenvalue weighted by atomic mass is 16.5. The van der Waals surface area contributed by atoms with Crippen molar-refractivity contribution in [3.63, 3.8) is 0 Å². The van der Waals surface area contributed by atoms with Gasteiger partial charge in [-0.3, -0.25) is 9.59 Å². The maximum absolute atomic E-state index is 14.6. The van der Waals surface area contributed by atoms with E-state index in [1.54, 1.807) is 13.2 Å². The van der Waals surface area contributed by atoms with E-state index in [2.05, 4.69) is 22.5 Å². The number of benzene rings is 3. The third kappa shape index (κ3) is 8.21. The lowest BCUT2D eigenvalue weighted by atomic mass is 9.84. The number of hydrogen-bond donors (Lipinski definition) is 5. The third-order valence-corrected chi connectivity index (χ3v) is 12.6. The molecule has 3 fully saturated rings. The molecule has 1 saturated heterocycles. The molecule has 1 aliphatic heterocycles. The Labute approximate surface area is 343 Å². The summed E-state index contributed by atoms with van der Waals surface area (Å²) in [7, 11) is 1.58. The minimum Gasteiger partial charge on any atom is -0.497 e. The number of carboxylic acid groups (broad SMARTS) is 1. The van der Waals surface area contributed by atoms with Crippen LogP contribution in [0.1, 0.15) is 68.5 Å². The molecule has 1 aromatic heterocycles. The largest absolute Gasteiger partial charge is 0.497 e. The lowest BCUT2D eigenvalue weighted by molar-refractivity contribution is -0.144. The molecule has 4 amide bonds. The molecule has 308 valence electrons. The van der Waals surface area contributed by atoms with Gasteiger partial charge >= 0.3 is 12.0 Å². The predicted octanol–water partition coefficient (Wildman–Crippen LogP) is 5.70. The Kier molecular flexibility index (Phi) is 11.3. The van der Waals surface area contributed by atoms with Gasteiger partial charge in [0.2, 0.25) is 11.8 Å². The number of nitrogens with one attached hydrogen (secondary N) is 3. The third-order valence-electron chi connectivity index (χ3n) is 12.6. The van der Waals surface area contributed by atoms with Crippen LogP contribution in [0.4, 0.5) is 4.79 Å². The summed E-state index contributed by atoms with van der Waals surface area (Å²) in [6.45, 7) is 3.72. The lowest BCUT2D eigenvalue weighted by Crippen LogP contribution is -2.57. The molecule has 3 aliphatic carbocycles. The second-order valence-electron chi connectivity index (χ2n) is 16.4. The Morgan fingerprint density at radius 3 is 2.51 bits per heavy atom. The molecule has 0 spiro atoms. The normalized spacial score (nSPS) is 25.4. The molecular weight excluding hydrogens is 751 g/mol. The Balaban J connectivity index is 1.09. The molecule has 3 aromatic carbocycles. The minimum atomic E-state index is -1.52. The van der Waals surface area contributed by atoms with Crippen LogP contribution in [0.3, 0.4) is 0 Å². The van der Waals surface area contributed by atoms with Gasteiger partial charge in [0, 0.05) is 41.8 Å². The summed E-state index contributed by atoms with van der Waals surface area (Å²) < 4.78 is 12.2. The van der Waals surface area contributed by atoms with Gasteiger partial charge in [-0.05, 0) is 42.0 Å². The average molecular weight is 802 g/mol. The number of pyridine rings is 1. The topological polar surface area (TPSA) is 179 Å². The first-order valence-corrected chi connectivity index (χ1v) is 20.6. The van der Waals surface area contributed by atoms with Gasteiger partial charge in [0.05, 0.1) is 37.0 Å². The number of carbonyl (C=O) groups excluding carboxylic acids is 3. The number of aliphatic carboxylic acids is 1. The van der Waals surface area contributed by atoms with Crippen molar-refractivity contribution in [1.29, 1.82) is 0 Å². The molecule has 13 nitrogen and oxygen atoms in total. The molecule has 59 heavy (non-hydrogen) atoms. The highest BCUT2D eigenvalue weighted by Crippen LogP contribution is 2.45. The lowest BCUT2D eigenvalue weighted by Gasteiger charge is -2.31. The van der Waals surface area contributed by atoms with Crippen LogP contribution < -0.4 is 25.4 Å². The SMILES string of the molecule is C=C[C@@H]1C[C@]1(NC(=O)[C@@H]1C[C@@H](Oc2cc(-c3ccccc3)nc3cc(OC)ccc23)CN1C(=O)NC(CC1CCCCC1)C(=O)N[C@H]1c2ccccc2C[C@H]1O)C(=O)O. The number of aliphatic hydroxyl groups is 1. The second kappa shape index (κ2) is 16.7. The molecule has 4 aromatic rings. The van der Waals surface area contributed by atoms with Crippen molar-refractivity contribution in [3.8, 4) is 22.8 Å². The van der Waals surface area contributed by atoms with E-state index < -0.39 is 65.6 Å². The zero-order chi connectivity index (χ0) is 41.3. The van der Waals surface area contributed by atoms with Gasteiger partial charge in [-0.2, -0.15) is 0 Å². The van der Waals surface area contributed by atoms with Crippen LogP contribution in [-0.4, -0.2) is 87.4 Å². The van der Waals surface area contributed by atoms with Crippen LogP contribution in [0.25, 0.3) is 22.2 Å². The quantitative estimate of drug-likeness (QED) is 0.106. The number of hydrogen-bond acceptors (Lipinski definition) is 8. The number of ether oxygens (including phenoxy) is 2. The monoisotopic (exact) mass is 801 g/mol. The Hall–Kier alpha value is -5.95. The molecular formula is C46H51N5O8. The van der Waals surface area contributed by atoms with Crippen molar-refractivity contribution in [1.82, 2.24) is 25.8 Å². The first kappa shape index (κ1) is 39.9. The number of aliphatic hydroxyl groups excluding tert-OH is 1. The van der Waals surface area contributed by atoms with Crippen LogP contribution >= 0.6 is 0 Å². The number of aromatic nitrogens is 1. The van der Waals surface area contributed by atoms with Crippen molar-refractivity contribution < 1.29 is 38.9 Å². The van der Waals surface area contributed by atoms with E-state index in [4.69, 9.17) is 14.5 Å². The van der Waals surface area contributed by atoms with Gasteiger partial charge in [0.15, 0.2) is 0 Å². The number of amides is 4. The predicted molar refractivity (Wildman–Crippen MR) is 221 cm³/mol. The molecule has 0 bridgehead atoms. The van der Waals surface area contributed by atoms with Crippen LogP contribution in [-0.2, 0) is 20.8 Å². The highest BCUT2D eigenvalue weighted by Gasteiger charge is 2.61. The summed E-state index contributed by atoms with van der Waals surface area (Å²) in [5.74, 6) is -1.38. The Morgan fingerprint density at radius 1 is 1.02 bits per heavy atom. The van der Waals surface area contributed by atoms with Crippen molar-refractivity contribution in [2.45, 2.75) is 93.7 Å². The number of rotatable bonds is 13. The fourth-order valence-electron chi connectivity index (χ4n) is 9.23. The molecule has 2 saturated carbocycles. The molecule has 7 atom stereocenters. The van der Waals surface area contributed by atoms with E-state index in [0.29, 0.717) is 40.9 Å². The molecule has 0 radical (unpaired) electrons. The average Bonchev–Trinajstić information content (AvgIpc) is 3.66. The number of carboxylic acids is 1. The van der Waals surface area contributed by atoms with Crippen LogP contribution in [0, 0.1) is 11.8 Å². The molecule has 1 unspecified atom stereocenters. The molecule has 8 rings (SSSR count). The first-order chi connectivity index (χ1) is 28.6. The van der Waals surface area contributed by atoms with E-state index in [1.807, 2.05) is 72.8 Å². The smallest absolute Gasteiger partial charge is 0.330 e. The fraction of sp³-hybridized carbons (Fsp3) is 0.413. The van der Waals surface area contributed by atoms with Crippen molar-refractivity contribution in [3.05, 3.63) is 103 Å². The Bertz CT molecular complexity index is 2250. The van der Waals surface area contributed by atoms with E-state index >= 15 is 0 Å². The van der Waals surface area contributed by atoms with Crippen molar-refractivity contribution in [2.24, 2.45) is 11.8 Å². The summed E-state index contributed by atoms with van der Waals surface area (Å²) in [6.07, 6.45) is 6.09. The number of carbonyl (C=O) groups is 4. The minimum absolute atomic E-state index is 0.0258. The number of fused-ring (bicyclic) bond motifs is 2. The van der Waals surface area contributed by atoms with Gasteiger partial charge in [-0.15, -0.1) is 6.58 Å². The van der Waals surface area contributed by atoms with Gasteiger partial charge < -0.3 is 40.5 Å². The van der Waals surface area contributed by atoms with Crippen molar-refractivity contribution in [2.75, 3.05) is 13.7 Å². The summed E-state index contributed by atoms with van der Waals surface area (Å²) in [4.78, 5) is 61.7. The van der Waals surface area contributed by atoms with Gasteiger partial charge in [0.25, 0.3) is 0 Å². The van der Waals surface area contributed by atoms with Crippen molar-refractivity contribution >= 4 is 34.7 Å². The van der Waals surface area contributed by atoms with E-state index in [-0.39, 0.29) is 25.3 Å². The fourth-order valence-corrected chi connectivity index (χ4v) is 9.23. The molecule has 4 aliphatic rings. The maximum atomic E-state index is 14.6. The van der Waals surface area contributed by atoms with Crippen LogP contribution in [0.2, 0.25) is 0 Å². The summed E-state index contributed by atoms with van der Waals surface area (Å²) in [5.41, 5.74) is 2.43. The van der Waals surface area contributed by atoms with Gasteiger partial charge in [-0.1, -0.05) is 92.8 Å². The number of likely N-dealkylation sites (tertiary alicyclic amines) is 1. The van der Waals surface area contributed by atoms with Gasteiger partial charge in [-0.25, -0.2) is 14.6 Å². The summed E-state index contributed by atoms with van der Waals surface area (Å²) >= 11 is 0. The number of nitrogens with zero attached hydrogens (tertiary/aromatic N) is 2. The van der Waals surface area contributed by atoms with E-state index in [9.17, 15) is 29.4 Å². The number of methoxy groups -OCH3 is 1. The van der Waals surface area contributed by atoms with E-state index in [1.165, 1.54) is 11.0 Å². The number of urea groups is 1. The van der Waals surface area contributed by atoms with Crippen LogP contribution in [0.5, 0.6) is 11.5 Å². The van der Waals surface area contributed by atoms with Crippen LogP contribution in [0.15, 0.2) is 91.5 Å². The zero-order valence-electron chi connectivity index (χ0n) is 33.1. The highest BCUT2D eigenvalue weighted by molar-refractivity contribution is 5.95. The zero-order valence-corrected chi connectivity index (χ0v) is 33.1. The molecule has 5 N–H and O–H groups in total. The summed E-state index contributed by atoms with van der Waals surface area (Å²) in [6, 6.07) is 21.2. The van der Waals surface area contributed by atoms with Gasteiger partial charge in [0.1, 0.15) is 35.2 Å². The second-order valence-corrected chi connectivity index (χ2v) is 16.4. The first-order valence-electron chi connectivity index (χ1n) is 20.6. The standard InChI is InChI=1S/C46H51N5O8/c1-3-30-25-46(30,44(55)56)50-43(54)38-23-32(59-40-24-35(28-14-8-5-9-15-28)47-36-22-31(58-2)18-19-34(36)40)26-51(38)45(57)48-37(20-27-12-6-4-7-13-27)42(53)49-41-33-17-11-10-16-29(33)21-39(41)52/h3,5,8-11,14-19,22,24,27,30,32,37-39,41,52H,1,4,6-7,12-13,20-21,23,25-26H2,2H3,(H,48,57)(H,49,53)(H,50,54)(H,55,56)/t30-,32-,37?,38+,39-,41+,46-/m1/s1. The molecule has 2 heterocycles. The summed E-state index contributed by atoms with van der Waals surface area (Å²) in [5, 5.41) is 30.6. The molecule has 13 heteroatoms. The Morgan fingerprint density at radius 2 is 1.78 bits per heavy atom. The maximum Gasteiger partial charge on any atom is 0.330 e. The van der Waals surface area contributed by atoms with E-state index in [0.717, 1.165) is 48.8 Å².